The van der Waals surface area contributed by atoms with Gasteiger partial charge in [-0.25, -0.2) is 4.79 Å². The molecule has 1 aromatic rings. The Labute approximate surface area is 127 Å². The number of carbonyl (C=O) groups excluding carboxylic acids is 2. The minimum absolute atomic E-state index is 0.0186. The van der Waals surface area contributed by atoms with Crippen molar-refractivity contribution in [3.8, 4) is 0 Å². The van der Waals surface area contributed by atoms with Crippen LogP contribution in [0.4, 0.5) is 0 Å². The minimum atomic E-state index is -1.09. The second-order valence-corrected chi connectivity index (χ2v) is 5.33. The molecule has 0 saturated carbocycles. The molecule has 7 nitrogen and oxygen atoms in total. The minimum Gasteiger partial charge on any atom is -0.480 e. The molecule has 3 rings (SSSR count). The largest absolute Gasteiger partial charge is 0.480 e. The summed E-state index contributed by atoms with van der Waals surface area (Å²) in [4.78, 5) is 38.5. The average molecular weight is 304 g/mol. The lowest BCUT2D eigenvalue weighted by Crippen LogP contribution is -2.55. The van der Waals surface area contributed by atoms with Gasteiger partial charge in [-0.05, 0) is 11.6 Å². The van der Waals surface area contributed by atoms with Gasteiger partial charge in [0.1, 0.15) is 6.54 Å². The van der Waals surface area contributed by atoms with Crippen molar-refractivity contribution in [3.63, 3.8) is 0 Å². The monoisotopic (exact) mass is 304 g/mol. The summed E-state index contributed by atoms with van der Waals surface area (Å²) >= 11 is 0. The third-order valence-electron chi connectivity index (χ3n) is 3.96. The van der Waals surface area contributed by atoms with Crippen molar-refractivity contribution in [3.05, 3.63) is 35.4 Å². The summed E-state index contributed by atoms with van der Waals surface area (Å²) in [6, 6.07) is 6.23. The van der Waals surface area contributed by atoms with E-state index in [2.05, 4.69) is 0 Å². The number of morpholine rings is 1. The average Bonchev–Trinajstić information content (AvgIpc) is 2.84. The van der Waals surface area contributed by atoms with Crippen LogP contribution >= 0.6 is 0 Å². The number of nitrogens with zero attached hydrogens (tertiary/aromatic N) is 2. The van der Waals surface area contributed by atoms with Gasteiger partial charge in [0.2, 0.25) is 5.91 Å². The Balaban J connectivity index is 1.70. The first-order valence-corrected chi connectivity index (χ1v) is 7.05. The van der Waals surface area contributed by atoms with Crippen LogP contribution in [-0.2, 0) is 20.9 Å². The molecule has 1 atom stereocenters. The standard InChI is InChI=1S/C15H16N2O5/c18-13(17-5-6-22-9-12(17)15(20)21)8-16-7-10-3-1-2-4-11(10)14(16)19/h1-4,12H,5-9H2,(H,20,21). The van der Waals surface area contributed by atoms with E-state index in [1.54, 1.807) is 12.1 Å². The van der Waals surface area contributed by atoms with Crippen LogP contribution in [0.3, 0.4) is 0 Å². The lowest BCUT2D eigenvalue weighted by molar-refractivity contribution is -0.158. The van der Waals surface area contributed by atoms with E-state index in [0.717, 1.165) is 5.56 Å². The molecule has 2 amide bonds. The Morgan fingerprint density at radius 3 is 2.82 bits per heavy atom. The molecule has 1 N–H and O–H groups in total. The third kappa shape index (κ3) is 2.55. The van der Waals surface area contributed by atoms with E-state index < -0.39 is 12.0 Å². The number of carboxylic acids is 1. The predicted octanol–water partition coefficient (Wildman–Crippen LogP) is -0.0456. The lowest BCUT2D eigenvalue weighted by Gasteiger charge is -2.33. The Bertz CT molecular complexity index is 630. The van der Waals surface area contributed by atoms with Crippen molar-refractivity contribution in [2.45, 2.75) is 12.6 Å². The molecule has 1 unspecified atom stereocenters. The van der Waals surface area contributed by atoms with E-state index in [4.69, 9.17) is 9.84 Å². The number of ether oxygens (including phenoxy) is 1. The fourth-order valence-corrected chi connectivity index (χ4v) is 2.80. The molecule has 116 valence electrons. The van der Waals surface area contributed by atoms with Gasteiger partial charge in [-0.15, -0.1) is 0 Å². The number of hydrogen-bond acceptors (Lipinski definition) is 4. The van der Waals surface area contributed by atoms with Crippen LogP contribution in [-0.4, -0.2) is 65.0 Å². The van der Waals surface area contributed by atoms with E-state index in [1.165, 1.54) is 9.80 Å². The van der Waals surface area contributed by atoms with Crippen molar-refractivity contribution in [1.29, 1.82) is 0 Å². The molecule has 0 aromatic heterocycles. The zero-order valence-electron chi connectivity index (χ0n) is 11.9. The Hall–Kier alpha value is -2.41. The highest BCUT2D eigenvalue weighted by atomic mass is 16.5. The van der Waals surface area contributed by atoms with Crippen LogP contribution in [0, 0.1) is 0 Å². The van der Waals surface area contributed by atoms with E-state index in [9.17, 15) is 14.4 Å². The molecule has 2 aliphatic rings. The number of fused-ring (bicyclic) bond motifs is 1. The number of benzene rings is 1. The maximum Gasteiger partial charge on any atom is 0.328 e. The van der Waals surface area contributed by atoms with Gasteiger partial charge in [0.05, 0.1) is 13.2 Å². The number of amides is 2. The predicted molar refractivity (Wildman–Crippen MR) is 75.1 cm³/mol. The van der Waals surface area contributed by atoms with Crippen LogP contribution in [0.1, 0.15) is 15.9 Å². The maximum atomic E-state index is 12.4. The van der Waals surface area contributed by atoms with Crippen LogP contribution in [0.2, 0.25) is 0 Å². The van der Waals surface area contributed by atoms with Crippen molar-refractivity contribution < 1.29 is 24.2 Å². The van der Waals surface area contributed by atoms with Crippen LogP contribution in [0.5, 0.6) is 0 Å². The van der Waals surface area contributed by atoms with E-state index in [0.29, 0.717) is 18.7 Å². The van der Waals surface area contributed by atoms with E-state index in [-0.39, 0.29) is 31.5 Å². The van der Waals surface area contributed by atoms with Crippen molar-refractivity contribution in [2.24, 2.45) is 0 Å². The summed E-state index contributed by atoms with van der Waals surface area (Å²) in [6.45, 7) is 0.782. The summed E-state index contributed by atoms with van der Waals surface area (Å²) in [5, 5.41) is 9.16. The SMILES string of the molecule is O=C(O)C1COCCN1C(=O)CN1Cc2ccccc2C1=O. The molecule has 2 heterocycles. The van der Waals surface area contributed by atoms with Crippen molar-refractivity contribution >= 4 is 17.8 Å². The fourth-order valence-electron chi connectivity index (χ4n) is 2.80. The van der Waals surface area contributed by atoms with Gasteiger partial charge in [-0.3, -0.25) is 9.59 Å². The lowest BCUT2D eigenvalue weighted by atomic mass is 10.1. The number of hydrogen-bond donors (Lipinski definition) is 1. The zero-order valence-corrected chi connectivity index (χ0v) is 11.9. The van der Waals surface area contributed by atoms with Gasteiger partial charge in [0.15, 0.2) is 6.04 Å². The van der Waals surface area contributed by atoms with Gasteiger partial charge in [-0.1, -0.05) is 18.2 Å². The molecule has 0 spiro atoms. The topological polar surface area (TPSA) is 87.2 Å². The third-order valence-corrected chi connectivity index (χ3v) is 3.96. The first kappa shape index (κ1) is 14.5. The second-order valence-electron chi connectivity index (χ2n) is 5.33. The maximum absolute atomic E-state index is 12.4. The van der Waals surface area contributed by atoms with E-state index in [1.807, 2.05) is 12.1 Å². The summed E-state index contributed by atoms with van der Waals surface area (Å²) < 4.78 is 5.11. The second kappa shape index (κ2) is 5.76. The smallest absolute Gasteiger partial charge is 0.328 e. The molecule has 1 saturated heterocycles. The number of rotatable bonds is 3. The highest BCUT2D eigenvalue weighted by Crippen LogP contribution is 2.22. The molecule has 1 aromatic carbocycles. The number of carbonyl (C=O) groups is 3. The first-order valence-electron chi connectivity index (χ1n) is 7.05. The quantitative estimate of drug-likeness (QED) is 0.846. The molecule has 1 fully saturated rings. The molecular weight excluding hydrogens is 288 g/mol. The molecular formula is C15H16N2O5. The molecule has 0 radical (unpaired) electrons. The van der Waals surface area contributed by atoms with Gasteiger partial charge in [-0.2, -0.15) is 0 Å². The van der Waals surface area contributed by atoms with Gasteiger partial charge in [0.25, 0.3) is 5.91 Å². The molecule has 7 heteroatoms. The summed E-state index contributed by atoms with van der Waals surface area (Å²) in [5.74, 6) is -1.65. The molecule has 0 bridgehead atoms. The first-order chi connectivity index (χ1) is 10.6. The number of carboxylic acid groups (broad SMARTS) is 1. The van der Waals surface area contributed by atoms with Crippen molar-refractivity contribution in [1.82, 2.24) is 9.80 Å². The van der Waals surface area contributed by atoms with Crippen LogP contribution in [0.25, 0.3) is 0 Å². The van der Waals surface area contributed by atoms with Gasteiger partial charge in [0, 0.05) is 18.7 Å². The fraction of sp³-hybridized carbons (Fsp3) is 0.400. The molecule has 2 aliphatic heterocycles. The highest BCUT2D eigenvalue weighted by Gasteiger charge is 2.35. The van der Waals surface area contributed by atoms with Crippen LogP contribution in [0.15, 0.2) is 24.3 Å². The van der Waals surface area contributed by atoms with E-state index >= 15 is 0 Å². The number of aliphatic carboxylic acids is 1. The summed E-state index contributed by atoms with van der Waals surface area (Å²) in [6.07, 6.45) is 0. The Kier molecular flexibility index (Phi) is 3.81. The highest BCUT2D eigenvalue weighted by molar-refractivity contribution is 6.00. The summed E-state index contributed by atoms with van der Waals surface area (Å²) in [7, 11) is 0. The van der Waals surface area contributed by atoms with Crippen LogP contribution < -0.4 is 0 Å². The summed E-state index contributed by atoms with van der Waals surface area (Å²) in [5.41, 5.74) is 1.49. The Morgan fingerprint density at radius 2 is 2.09 bits per heavy atom. The molecule has 0 aliphatic carbocycles. The van der Waals surface area contributed by atoms with Gasteiger partial charge < -0.3 is 19.6 Å². The Morgan fingerprint density at radius 1 is 1.32 bits per heavy atom. The van der Waals surface area contributed by atoms with Crippen molar-refractivity contribution in [2.75, 3.05) is 26.3 Å². The zero-order chi connectivity index (χ0) is 15.7. The van der Waals surface area contributed by atoms with Gasteiger partial charge >= 0.3 is 5.97 Å². The normalized spacial score (nSPS) is 20.9. The molecule has 22 heavy (non-hydrogen) atoms.